The lowest BCUT2D eigenvalue weighted by Gasteiger charge is -2.32. The molecule has 0 unspecified atom stereocenters. The Hall–Kier alpha value is -3.07. The van der Waals surface area contributed by atoms with Crippen molar-refractivity contribution in [2.24, 2.45) is 0 Å². The SMILES string of the molecule is CC[C@@H](C(=O)NC1CCCC1)N(Cc1ccccc1C)C(=O)CCCN(c1cccc(OC)c1)S(C)(=O)=O. The molecule has 9 heteroatoms. The normalized spacial score (nSPS) is 14.6. The summed E-state index contributed by atoms with van der Waals surface area (Å²) in [6.07, 6.45) is 6.24. The predicted octanol–water partition coefficient (Wildman–Crippen LogP) is 4.42. The van der Waals surface area contributed by atoms with Gasteiger partial charge < -0.3 is 15.0 Å². The van der Waals surface area contributed by atoms with Crippen molar-refractivity contribution in [3.8, 4) is 5.75 Å². The van der Waals surface area contributed by atoms with Crippen LogP contribution in [-0.2, 0) is 26.2 Å². The highest BCUT2D eigenvalue weighted by molar-refractivity contribution is 7.92. The molecule has 1 atom stereocenters. The van der Waals surface area contributed by atoms with Crippen LogP contribution < -0.4 is 14.4 Å². The number of amides is 2. The quantitative estimate of drug-likeness (QED) is 0.404. The zero-order valence-corrected chi connectivity index (χ0v) is 23.8. The smallest absolute Gasteiger partial charge is 0.243 e. The Balaban J connectivity index is 1.77. The molecular formula is C29H41N3O5S. The molecule has 2 aromatic carbocycles. The van der Waals surface area contributed by atoms with Gasteiger partial charge >= 0.3 is 0 Å². The first-order valence-electron chi connectivity index (χ1n) is 13.4. The predicted molar refractivity (Wildman–Crippen MR) is 151 cm³/mol. The summed E-state index contributed by atoms with van der Waals surface area (Å²) in [5, 5.41) is 3.16. The number of hydrogen-bond acceptors (Lipinski definition) is 5. The number of sulfonamides is 1. The molecule has 208 valence electrons. The number of hydrogen-bond donors (Lipinski definition) is 1. The summed E-state index contributed by atoms with van der Waals surface area (Å²) < 4.78 is 31.7. The first-order valence-corrected chi connectivity index (χ1v) is 15.2. The Morgan fingerprint density at radius 3 is 2.45 bits per heavy atom. The number of nitrogens with zero attached hydrogens (tertiary/aromatic N) is 2. The molecule has 0 aliphatic heterocycles. The maximum absolute atomic E-state index is 13.6. The number of ether oxygens (including phenoxy) is 1. The Bertz CT molecular complexity index is 1190. The summed E-state index contributed by atoms with van der Waals surface area (Å²) in [5.41, 5.74) is 2.53. The van der Waals surface area contributed by atoms with E-state index in [9.17, 15) is 18.0 Å². The second-order valence-corrected chi connectivity index (χ2v) is 11.9. The number of benzene rings is 2. The van der Waals surface area contributed by atoms with Gasteiger partial charge in [0.1, 0.15) is 11.8 Å². The number of anilines is 1. The van der Waals surface area contributed by atoms with E-state index in [0.29, 0.717) is 30.8 Å². The van der Waals surface area contributed by atoms with E-state index < -0.39 is 16.1 Å². The minimum absolute atomic E-state index is 0.115. The summed E-state index contributed by atoms with van der Waals surface area (Å²) in [5.74, 6) is 0.270. The summed E-state index contributed by atoms with van der Waals surface area (Å²) >= 11 is 0. The van der Waals surface area contributed by atoms with Crippen LogP contribution in [-0.4, -0.2) is 57.1 Å². The molecule has 2 aromatic rings. The largest absolute Gasteiger partial charge is 0.497 e. The van der Waals surface area contributed by atoms with Crippen molar-refractivity contribution in [1.82, 2.24) is 10.2 Å². The van der Waals surface area contributed by atoms with Crippen molar-refractivity contribution < 1.29 is 22.7 Å². The molecule has 0 spiro atoms. The van der Waals surface area contributed by atoms with Gasteiger partial charge in [-0.15, -0.1) is 0 Å². The minimum Gasteiger partial charge on any atom is -0.497 e. The molecule has 1 saturated carbocycles. The third kappa shape index (κ3) is 7.96. The molecule has 38 heavy (non-hydrogen) atoms. The lowest BCUT2D eigenvalue weighted by Crippen LogP contribution is -2.51. The monoisotopic (exact) mass is 543 g/mol. The fourth-order valence-electron chi connectivity index (χ4n) is 5.03. The number of aryl methyl sites for hydroxylation is 1. The fourth-order valence-corrected chi connectivity index (χ4v) is 5.98. The van der Waals surface area contributed by atoms with E-state index in [4.69, 9.17) is 4.74 Å². The van der Waals surface area contributed by atoms with E-state index in [-0.39, 0.29) is 30.8 Å². The van der Waals surface area contributed by atoms with Gasteiger partial charge in [0.15, 0.2) is 0 Å². The van der Waals surface area contributed by atoms with E-state index in [0.717, 1.165) is 43.1 Å². The Morgan fingerprint density at radius 1 is 1.11 bits per heavy atom. The Labute approximate surface area is 227 Å². The maximum atomic E-state index is 13.6. The van der Waals surface area contributed by atoms with Crippen molar-refractivity contribution in [3.63, 3.8) is 0 Å². The lowest BCUT2D eigenvalue weighted by molar-refractivity contribution is -0.141. The number of methoxy groups -OCH3 is 1. The van der Waals surface area contributed by atoms with Crippen molar-refractivity contribution in [1.29, 1.82) is 0 Å². The third-order valence-electron chi connectivity index (χ3n) is 7.18. The highest BCUT2D eigenvalue weighted by Gasteiger charge is 2.31. The molecule has 0 heterocycles. The second kappa shape index (κ2) is 13.6. The molecule has 0 aromatic heterocycles. The van der Waals surface area contributed by atoms with Crippen molar-refractivity contribution in [2.75, 3.05) is 24.2 Å². The second-order valence-electron chi connectivity index (χ2n) is 10.0. The standard InChI is InChI=1S/C29H41N3O5S/c1-5-27(29(34)30-24-14-8-9-15-24)31(21-23-13-7-6-12-22(23)2)28(33)18-11-19-32(38(4,35)36)25-16-10-17-26(20-25)37-3/h6-7,10,12-13,16-17,20,24,27H,5,8-9,11,14-15,18-19,21H2,1-4H3,(H,30,34)/t27-/m0/s1. The van der Waals surface area contributed by atoms with Crippen LogP contribution in [0.5, 0.6) is 5.75 Å². The van der Waals surface area contributed by atoms with E-state index in [1.807, 2.05) is 38.1 Å². The summed E-state index contributed by atoms with van der Waals surface area (Å²) in [7, 11) is -2.05. The van der Waals surface area contributed by atoms with Crippen molar-refractivity contribution in [2.45, 2.75) is 77.4 Å². The molecule has 3 rings (SSSR count). The van der Waals surface area contributed by atoms with Crippen LogP contribution in [0.25, 0.3) is 0 Å². The highest BCUT2D eigenvalue weighted by Crippen LogP contribution is 2.24. The summed E-state index contributed by atoms with van der Waals surface area (Å²) in [6.45, 7) is 4.38. The lowest BCUT2D eigenvalue weighted by atomic mass is 10.0. The first kappa shape index (κ1) is 29.5. The third-order valence-corrected chi connectivity index (χ3v) is 8.38. The summed E-state index contributed by atoms with van der Waals surface area (Å²) in [4.78, 5) is 28.6. The van der Waals surface area contributed by atoms with Gasteiger partial charge in [0.2, 0.25) is 21.8 Å². The molecule has 1 fully saturated rings. The average Bonchev–Trinajstić information content (AvgIpc) is 3.39. The Kier molecular flexibility index (Phi) is 10.6. The topological polar surface area (TPSA) is 96.0 Å². The number of nitrogens with one attached hydrogen (secondary N) is 1. The van der Waals surface area contributed by atoms with Gasteiger partial charge in [0.05, 0.1) is 19.1 Å². The first-order chi connectivity index (χ1) is 18.1. The van der Waals surface area contributed by atoms with E-state index >= 15 is 0 Å². The van der Waals surface area contributed by atoms with Crippen LogP contribution in [0, 0.1) is 6.92 Å². The highest BCUT2D eigenvalue weighted by atomic mass is 32.2. The van der Waals surface area contributed by atoms with E-state index in [1.54, 1.807) is 29.2 Å². The van der Waals surface area contributed by atoms with Crippen molar-refractivity contribution in [3.05, 3.63) is 59.7 Å². The van der Waals surface area contributed by atoms with E-state index in [1.165, 1.54) is 11.4 Å². The van der Waals surface area contributed by atoms with Crippen LogP contribution in [0.1, 0.15) is 63.0 Å². The minimum atomic E-state index is -3.57. The molecule has 1 N–H and O–H groups in total. The van der Waals surface area contributed by atoms with Gasteiger partial charge in [0.25, 0.3) is 0 Å². The number of rotatable bonds is 13. The molecule has 1 aliphatic carbocycles. The van der Waals surface area contributed by atoms with Gasteiger partial charge in [0, 0.05) is 31.6 Å². The van der Waals surface area contributed by atoms with Gasteiger partial charge in [-0.2, -0.15) is 0 Å². The zero-order valence-electron chi connectivity index (χ0n) is 23.0. The molecule has 8 nitrogen and oxygen atoms in total. The number of carbonyl (C=O) groups is 2. The molecule has 1 aliphatic rings. The van der Waals surface area contributed by atoms with Crippen LogP contribution >= 0.6 is 0 Å². The molecular weight excluding hydrogens is 502 g/mol. The van der Waals surface area contributed by atoms with Crippen LogP contribution in [0.15, 0.2) is 48.5 Å². The molecule has 0 bridgehead atoms. The average molecular weight is 544 g/mol. The van der Waals surface area contributed by atoms with Crippen LogP contribution in [0.2, 0.25) is 0 Å². The Morgan fingerprint density at radius 2 is 1.82 bits per heavy atom. The van der Waals surface area contributed by atoms with Gasteiger partial charge in [-0.05, 0) is 55.9 Å². The van der Waals surface area contributed by atoms with Crippen molar-refractivity contribution >= 4 is 27.5 Å². The molecule has 0 saturated heterocycles. The van der Waals surface area contributed by atoms with Crippen LogP contribution in [0.3, 0.4) is 0 Å². The van der Waals surface area contributed by atoms with Gasteiger partial charge in [-0.3, -0.25) is 13.9 Å². The van der Waals surface area contributed by atoms with E-state index in [2.05, 4.69) is 5.32 Å². The number of carbonyl (C=O) groups excluding carboxylic acids is 2. The maximum Gasteiger partial charge on any atom is 0.243 e. The van der Waals surface area contributed by atoms with Crippen LogP contribution in [0.4, 0.5) is 5.69 Å². The molecule has 0 radical (unpaired) electrons. The van der Waals surface area contributed by atoms with Gasteiger partial charge in [-0.1, -0.05) is 50.1 Å². The molecule has 2 amide bonds. The summed E-state index contributed by atoms with van der Waals surface area (Å²) in [6, 6.07) is 14.3. The van der Waals surface area contributed by atoms with Gasteiger partial charge in [-0.25, -0.2) is 8.42 Å². The zero-order chi connectivity index (χ0) is 27.7. The fraction of sp³-hybridized carbons (Fsp3) is 0.517.